The number of nitrogens with zero attached hydrogens (tertiary/aromatic N) is 1. The molecule has 0 spiro atoms. The number of allylic oxidation sites excluding steroid dienone is 1. The van der Waals surface area contributed by atoms with Crippen LogP contribution in [0.1, 0.15) is 18.4 Å². The first kappa shape index (κ1) is 17.1. The molecule has 23 heavy (non-hydrogen) atoms. The number of benzene rings is 1. The molecule has 1 saturated carbocycles. The van der Waals surface area contributed by atoms with Gasteiger partial charge in [-0.1, -0.05) is 48.5 Å². The van der Waals surface area contributed by atoms with Crippen molar-refractivity contribution in [2.45, 2.75) is 19.4 Å². The topological polar surface area (TPSA) is 76.7 Å². The van der Waals surface area contributed by atoms with Gasteiger partial charge in [-0.05, 0) is 18.4 Å². The molecule has 5 nitrogen and oxygen atoms in total. The zero-order valence-corrected chi connectivity index (χ0v) is 13.8. The van der Waals surface area contributed by atoms with Crippen molar-refractivity contribution >= 4 is 23.3 Å². The smallest absolute Gasteiger partial charge is 0.358 e. The van der Waals surface area contributed by atoms with E-state index in [1.54, 1.807) is 0 Å². The summed E-state index contributed by atoms with van der Waals surface area (Å²) in [5.74, 6) is -0.151. The van der Waals surface area contributed by atoms with Crippen LogP contribution in [-0.2, 0) is 16.1 Å². The van der Waals surface area contributed by atoms with E-state index in [-0.39, 0.29) is 16.6 Å². The van der Waals surface area contributed by atoms with Gasteiger partial charge in [-0.2, -0.15) is 0 Å². The second-order valence-electron chi connectivity index (χ2n) is 5.28. The van der Waals surface area contributed by atoms with Crippen molar-refractivity contribution in [2.75, 3.05) is 7.11 Å². The molecular formula is C17H20ClN3O2. The summed E-state index contributed by atoms with van der Waals surface area (Å²) >= 11 is 6.23. The Bertz CT molecular complexity index is 649. The van der Waals surface area contributed by atoms with Gasteiger partial charge < -0.3 is 15.8 Å². The van der Waals surface area contributed by atoms with Crippen LogP contribution in [-0.4, -0.2) is 18.8 Å². The average Bonchev–Trinajstić information content (AvgIpc) is 3.42. The van der Waals surface area contributed by atoms with Crippen molar-refractivity contribution < 1.29 is 9.53 Å². The predicted molar refractivity (Wildman–Crippen MR) is 91.7 cm³/mol. The number of esters is 1. The third-order valence-corrected chi connectivity index (χ3v) is 3.84. The van der Waals surface area contributed by atoms with Crippen LogP contribution in [0.3, 0.4) is 0 Å². The number of aliphatic imine (C=N–C) groups is 1. The summed E-state index contributed by atoms with van der Waals surface area (Å²) in [4.78, 5) is 16.1. The van der Waals surface area contributed by atoms with Crippen LogP contribution in [0, 0.1) is 5.92 Å². The molecule has 122 valence electrons. The highest BCUT2D eigenvalue weighted by Crippen LogP contribution is 2.36. The molecule has 1 aromatic rings. The zero-order valence-electron chi connectivity index (χ0n) is 13.0. The van der Waals surface area contributed by atoms with Gasteiger partial charge in [-0.25, -0.2) is 9.79 Å². The summed E-state index contributed by atoms with van der Waals surface area (Å²) in [6, 6.07) is 9.71. The molecule has 1 aliphatic carbocycles. The number of ether oxygens (including phenoxy) is 1. The number of carbonyl (C=O) groups is 1. The fourth-order valence-corrected chi connectivity index (χ4v) is 2.12. The van der Waals surface area contributed by atoms with Crippen LogP contribution in [0.25, 0.3) is 0 Å². The Kier molecular flexibility index (Phi) is 5.82. The first-order valence-corrected chi connectivity index (χ1v) is 7.70. The lowest BCUT2D eigenvalue weighted by Crippen LogP contribution is -2.26. The Balaban J connectivity index is 2.15. The van der Waals surface area contributed by atoms with Crippen LogP contribution in [0.5, 0.6) is 0 Å². The molecule has 1 aliphatic rings. The van der Waals surface area contributed by atoms with E-state index in [1.165, 1.54) is 7.11 Å². The molecule has 0 unspecified atom stereocenters. The molecule has 0 bridgehead atoms. The van der Waals surface area contributed by atoms with Gasteiger partial charge in [0.2, 0.25) is 0 Å². The average molecular weight is 334 g/mol. The molecule has 0 aromatic heterocycles. The van der Waals surface area contributed by atoms with Crippen molar-refractivity contribution in [3.05, 3.63) is 59.0 Å². The normalized spacial score (nSPS) is 15.7. The van der Waals surface area contributed by atoms with Crippen molar-refractivity contribution in [1.82, 2.24) is 5.32 Å². The molecule has 1 fully saturated rings. The molecule has 0 amide bonds. The lowest BCUT2D eigenvalue weighted by Gasteiger charge is -2.11. The summed E-state index contributed by atoms with van der Waals surface area (Å²) in [6.07, 6.45) is 2.06. The van der Waals surface area contributed by atoms with E-state index in [1.807, 2.05) is 30.3 Å². The number of halogens is 1. The summed E-state index contributed by atoms with van der Waals surface area (Å²) in [7, 11) is 1.27. The fourth-order valence-electron chi connectivity index (χ4n) is 1.93. The third-order valence-electron chi connectivity index (χ3n) is 3.45. The highest BCUT2D eigenvalue weighted by Gasteiger charge is 2.27. The van der Waals surface area contributed by atoms with Gasteiger partial charge >= 0.3 is 5.97 Å². The van der Waals surface area contributed by atoms with Crippen molar-refractivity contribution in [3.63, 3.8) is 0 Å². The van der Waals surface area contributed by atoms with E-state index in [4.69, 9.17) is 22.1 Å². The first-order valence-electron chi connectivity index (χ1n) is 7.32. The minimum absolute atomic E-state index is 0.0240. The van der Waals surface area contributed by atoms with Crippen LogP contribution in [0.15, 0.2) is 58.5 Å². The molecule has 3 N–H and O–H groups in total. The second kappa shape index (κ2) is 7.83. The number of hydrogen-bond acceptors (Lipinski definition) is 5. The number of nitrogens with one attached hydrogen (secondary N) is 1. The number of nitrogens with two attached hydrogens (primary N) is 1. The zero-order chi connectivity index (χ0) is 16.8. The summed E-state index contributed by atoms with van der Waals surface area (Å²) in [6.45, 7) is 4.36. The quantitative estimate of drug-likeness (QED) is 0.594. The highest BCUT2D eigenvalue weighted by molar-refractivity contribution is 6.58. The van der Waals surface area contributed by atoms with Gasteiger partial charge in [-0.15, -0.1) is 0 Å². The molecule has 2 rings (SSSR count). The highest BCUT2D eigenvalue weighted by atomic mass is 35.5. The van der Waals surface area contributed by atoms with Gasteiger partial charge in [0.05, 0.1) is 7.11 Å². The lowest BCUT2D eigenvalue weighted by atomic mass is 10.2. The van der Waals surface area contributed by atoms with E-state index < -0.39 is 5.97 Å². The van der Waals surface area contributed by atoms with Crippen molar-refractivity contribution in [2.24, 2.45) is 16.6 Å². The van der Waals surface area contributed by atoms with Crippen LogP contribution < -0.4 is 11.1 Å². The Morgan fingerprint density at radius 1 is 1.43 bits per heavy atom. The van der Waals surface area contributed by atoms with Crippen molar-refractivity contribution in [3.8, 4) is 0 Å². The molecule has 6 heteroatoms. The summed E-state index contributed by atoms with van der Waals surface area (Å²) in [5, 5.41) is 3.02. The van der Waals surface area contributed by atoms with Crippen molar-refractivity contribution in [1.29, 1.82) is 0 Å². The minimum Gasteiger partial charge on any atom is -0.464 e. The standard InChI is InChI=1S/C17H20ClN3O2/c1-11(13-8-9-13)21-15(17(22)23-2)14(18)16(19)20-10-12-6-4-3-5-7-12/h3-7,13,20H,1,8-10,19H2,2H3/b16-14-,21-15+. The number of methoxy groups -OCH3 is 1. The molecule has 0 radical (unpaired) electrons. The van der Waals surface area contributed by atoms with Gasteiger partial charge in [0.25, 0.3) is 0 Å². The maximum atomic E-state index is 11.9. The van der Waals surface area contributed by atoms with E-state index in [0.717, 1.165) is 18.4 Å². The Labute approximate surface area is 140 Å². The number of rotatable bonds is 7. The van der Waals surface area contributed by atoms with E-state index in [0.29, 0.717) is 18.2 Å². The molecule has 1 aromatic carbocycles. The first-order chi connectivity index (χ1) is 11.0. The van der Waals surface area contributed by atoms with Crippen LogP contribution >= 0.6 is 11.6 Å². The fraction of sp³-hybridized carbons (Fsp3) is 0.294. The molecule has 0 aliphatic heterocycles. The second-order valence-corrected chi connectivity index (χ2v) is 5.66. The Morgan fingerprint density at radius 3 is 2.65 bits per heavy atom. The van der Waals surface area contributed by atoms with Gasteiger partial charge in [0.1, 0.15) is 10.9 Å². The van der Waals surface area contributed by atoms with E-state index >= 15 is 0 Å². The third kappa shape index (κ3) is 4.86. The van der Waals surface area contributed by atoms with Crippen LogP contribution in [0.4, 0.5) is 0 Å². The number of carbonyl (C=O) groups excluding carboxylic acids is 1. The minimum atomic E-state index is -0.638. The molecule has 0 heterocycles. The summed E-state index contributed by atoms with van der Waals surface area (Å²) < 4.78 is 4.73. The molecule has 0 saturated heterocycles. The van der Waals surface area contributed by atoms with E-state index in [9.17, 15) is 4.79 Å². The SMILES string of the molecule is C=C(/N=C(C(=O)OC)\C(Cl)=C(/N)NCc1ccccc1)C1CC1. The molecular weight excluding hydrogens is 314 g/mol. The Morgan fingerprint density at radius 2 is 2.09 bits per heavy atom. The van der Waals surface area contributed by atoms with Gasteiger partial charge in [-0.3, -0.25) is 0 Å². The van der Waals surface area contributed by atoms with Gasteiger partial charge in [0.15, 0.2) is 5.71 Å². The predicted octanol–water partition coefficient (Wildman–Crippen LogP) is 2.68. The maximum absolute atomic E-state index is 11.9. The molecule has 0 atom stereocenters. The monoisotopic (exact) mass is 333 g/mol. The van der Waals surface area contributed by atoms with E-state index in [2.05, 4.69) is 16.9 Å². The van der Waals surface area contributed by atoms with Gasteiger partial charge in [0, 0.05) is 18.2 Å². The largest absolute Gasteiger partial charge is 0.464 e. The summed E-state index contributed by atoms with van der Waals surface area (Å²) in [5.41, 5.74) is 7.59. The number of hydrogen-bond donors (Lipinski definition) is 2. The Hall–Kier alpha value is -2.27. The van der Waals surface area contributed by atoms with Crippen LogP contribution in [0.2, 0.25) is 0 Å². The maximum Gasteiger partial charge on any atom is 0.358 e. The lowest BCUT2D eigenvalue weighted by molar-refractivity contribution is -0.132.